The molecule has 0 saturated carbocycles. The third-order valence-electron chi connectivity index (χ3n) is 2.32. The molecule has 1 aliphatic heterocycles. The van der Waals surface area contributed by atoms with Crippen LogP contribution in [0.2, 0.25) is 0 Å². The molecule has 1 aliphatic rings. The van der Waals surface area contributed by atoms with Gasteiger partial charge in [0.05, 0.1) is 11.9 Å². The normalized spacial score (nSPS) is 39.4. The van der Waals surface area contributed by atoms with Gasteiger partial charge in [-0.05, 0) is 0 Å². The number of carbonyl (C=O) groups is 1. The van der Waals surface area contributed by atoms with Gasteiger partial charge in [-0.15, -0.1) is 0 Å². The number of ether oxygens (including phenoxy) is 1. The van der Waals surface area contributed by atoms with Crippen LogP contribution in [0.4, 0.5) is 0 Å². The highest BCUT2D eigenvalue weighted by atomic mass is 79.9. The molecular weight excluding hydrogens is 286 g/mol. The summed E-state index contributed by atoms with van der Waals surface area (Å²) in [5.41, 5.74) is 0. The highest BCUT2D eigenvalue weighted by Gasteiger charge is 2.43. The minimum absolute atomic E-state index is 0.0159. The number of aliphatic hydroxyl groups excluding tert-OH is 4. The predicted molar refractivity (Wildman–Crippen MR) is 55.7 cm³/mol. The quantitative estimate of drug-likeness (QED) is 0.362. The second-order valence-corrected chi connectivity index (χ2v) is 4.01. The van der Waals surface area contributed by atoms with Crippen LogP contribution in [0.15, 0.2) is 0 Å². The molecule has 0 bridgehead atoms. The summed E-state index contributed by atoms with van der Waals surface area (Å²) in [5, 5.41) is 39.6. The third-order valence-corrected chi connectivity index (χ3v) is 2.83. The molecule has 1 saturated heterocycles. The van der Waals surface area contributed by atoms with Gasteiger partial charge < -0.3 is 30.5 Å². The van der Waals surface area contributed by atoms with Gasteiger partial charge in [-0.3, -0.25) is 4.79 Å². The third kappa shape index (κ3) is 2.90. The van der Waals surface area contributed by atoms with E-state index in [4.69, 9.17) is 9.84 Å². The first-order valence-electron chi connectivity index (χ1n) is 4.67. The molecule has 0 aliphatic carbocycles. The van der Waals surface area contributed by atoms with Crippen LogP contribution >= 0.6 is 15.9 Å². The minimum Gasteiger partial charge on any atom is -0.394 e. The zero-order chi connectivity index (χ0) is 12.3. The standard InChI is InChI=1S/C8H14BrNO6/c9-1-4(12)10-8-7(15)6(14)5(13)3(2-11)16-8/h3,5-8,11,13-15H,1-2H2,(H,10,12)/t3-,5+,6+,7-,8+/m1/s1. The van der Waals surface area contributed by atoms with E-state index in [1.807, 2.05) is 0 Å². The van der Waals surface area contributed by atoms with E-state index in [-0.39, 0.29) is 5.33 Å². The summed E-state index contributed by atoms with van der Waals surface area (Å²) in [6.45, 7) is -0.522. The lowest BCUT2D eigenvalue weighted by Gasteiger charge is -2.40. The van der Waals surface area contributed by atoms with E-state index in [9.17, 15) is 20.1 Å². The Morgan fingerprint density at radius 1 is 1.25 bits per heavy atom. The summed E-state index contributed by atoms with van der Waals surface area (Å²) < 4.78 is 5.04. The average Bonchev–Trinajstić information content (AvgIpc) is 2.29. The fourth-order valence-corrected chi connectivity index (χ4v) is 1.58. The predicted octanol–water partition coefficient (Wildman–Crippen LogP) is -2.70. The fourth-order valence-electron chi connectivity index (χ4n) is 1.42. The number of aliphatic hydroxyl groups is 4. The van der Waals surface area contributed by atoms with Crippen LogP contribution in [0.5, 0.6) is 0 Å². The largest absolute Gasteiger partial charge is 0.394 e. The van der Waals surface area contributed by atoms with Crippen LogP contribution in [0.1, 0.15) is 0 Å². The Morgan fingerprint density at radius 2 is 1.88 bits per heavy atom. The molecule has 0 unspecified atom stereocenters. The summed E-state index contributed by atoms with van der Waals surface area (Å²) in [4.78, 5) is 11.1. The molecule has 0 aromatic rings. The van der Waals surface area contributed by atoms with E-state index in [0.29, 0.717) is 0 Å². The van der Waals surface area contributed by atoms with Crippen molar-refractivity contribution in [1.82, 2.24) is 5.32 Å². The highest BCUT2D eigenvalue weighted by molar-refractivity contribution is 9.09. The second-order valence-electron chi connectivity index (χ2n) is 3.45. The van der Waals surface area contributed by atoms with E-state index in [1.165, 1.54) is 0 Å². The number of carbonyl (C=O) groups excluding carboxylic acids is 1. The van der Waals surface area contributed by atoms with E-state index in [2.05, 4.69) is 21.2 Å². The molecule has 94 valence electrons. The molecule has 0 aromatic carbocycles. The van der Waals surface area contributed by atoms with Crippen molar-refractivity contribution >= 4 is 21.8 Å². The monoisotopic (exact) mass is 299 g/mol. The van der Waals surface area contributed by atoms with Crippen LogP contribution < -0.4 is 5.32 Å². The van der Waals surface area contributed by atoms with Crippen LogP contribution in [0.25, 0.3) is 0 Å². The average molecular weight is 300 g/mol. The number of hydrogen-bond donors (Lipinski definition) is 5. The van der Waals surface area contributed by atoms with E-state index in [1.54, 1.807) is 0 Å². The summed E-state index contributed by atoms with van der Waals surface area (Å²) in [6, 6.07) is 0. The first-order chi connectivity index (χ1) is 7.51. The van der Waals surface area contributed by atoms with Gasteiger partial charge in [0, 0.05) is 0 Å². The molecule has 0 aromatic heterocycles. The van der Waals surface area contributed by atoms with Gasteiger partial charge >= 0.3 is 0 Å². The lowest BCUT2D eigenvalue weighted by atomic mass is 9.98. The van der Waals surface area contributed by atoms with Crippen molar-refractivity contribution in [2.24, 2.45) is 0 Å². The molecule has 8 heteroatoms. The highest BCUT2D eigenvalue weighted by Crippen LogP contribution is 2.19. The number of alkyl halides is 1. The zero-order valence-corrected chi connectivity index (χ0v) is 9.87. The molecule has 0 radical (unpaired) electrons. The minimum atomic E-state index is -1.48. The van der Waals surface area contributed by atoms with Crippen molar-refractivity contribution in [1.29, 1.82) is 0 Å². The summed E-state index contributed by atoms with van der Waals surface area (Å²) in [6.07, 6.45) is -6.51. The zero-order valence-electron chi connectivity index (χ0n) is 8.28. The molecule has 16 heavy (non-hydrogen) atoms. The lowest BCUT2D eigenvalue weighted by Crippen LogP contribution is -2.63. The van der Waals surface area contributed by atoms with Gasteiger partial charge in [-0.25, -0.2) is 0 Å². The Bertz CT molecular complexity index is 251. The van der Waals surface area contributed by atoms with Gasteiger partial charge in [-0.2, -0.15) is 0 Å². The molecule has 1 fully saturated rings. The smallest absolute Gasteiger partial charge is 0.232 e. The lowest BCUT2D eigenvalue weighted by molar-refractivity contribution is -0.235. The Hall–Kier alpha value is -0.250. The SMILES string of the molecule is O=C(CBr)N[C@H]1O[C@H](CO)[C@H](O)[C@H](O)[C@H]1O. The summed E-state index contributed by atoms with van der Waals surface area (Å²) >= 11 is 2.91. The van der Waals surface area contributed by atoms with Crippen molar-refractivity contribution in [3.05, 3.63) is 0 Å². The Balaban J connectivity index is 2.67. The van der Waals surface area contributed by atoms with E-state index in [0.717, 1.165) is 0 Å². The number of halogens is 1. The summed E-state index contributed by atoms with van der Waals surface area (Å²) in [5.74, 6) is -0.440. The van der Waals surface area contributed by atoms with Gasteiger partial charge in [0.15, 0.2) is 6.23 Å². The number of rotatable bonds is 3. The number of amides is 1. The van der Waals surface area contributed by atoms with Crippen molar-refractivity contribution in [3.8, 4) is 0 Å². The Morgan fingerprint density at radius 3 is 2.38 bits per heavy atom. The first kappa shape index (κ1) is 13.8. The van der Waals surface area contributed by atoms with Crippen molar-refractivity contribution < 1.29 is 30.0 Å². The second kappa shape index (κ2) is 5.89. The molecule has 1 rings (SSSR count). The Kier molecular flexibility index (Phi) is 5.09. The fraction of sp³-hybridized carbons (Fsp3) is 0.875. The van der Waals surface area contributed by atoms with Crippen molar-refractivity contribution in [2.75, 3.05) is 11.9 Å². The van der Waals surface area contributed by atoms with Crippen molar-refractivity contribution in [3.63, 3.8) is 0 Å². The van der Waals surface area contributed by atoms with Crippen LogP contribution in [-0.4, -0.2) is 68.9 Å². The summed E-state index contributed by atoms with van der Waals surface area (Å²) in [7, 11) is 0. The molecule has 5 N–H and O–H groups in total. The maximum Gasteiger partial charge on any atom is 0.232 e. The van der Waals surface area contributed by atoms with Crippen LogP contribution in [0, 0.1) is 0 Å². The van der Waals surface area contributed by atoms with Crippen LogP contribution in [0.3, 0.4) is 0 Å². The van der Waals surface area contributed by atoms with Gasteiger partial charge in [-0.1, -0.05) is 15.9 Å². The molecule has 0 spiro atoms. The maximum atomic E-state index is 11.1. The van der Waals surface area contributed by atoms with Gasteiger partial charge in [0.2, 0.25) is 5.91 Å². The van der Waals surface area contributed by atoms with Gasteiger partial charge in [0.25, 0.3) is 0 Å². The number of hydrogen-bond acceptors (Lipinski definition) is 6. The van der Waals surface area contributed by atoms with Crippen LogP contribution in [-0.2, 0) is 9.53 Å². The first-order valence-corrected chi connectivity index (χ1v) is 5.79. The topological polar surface area (TPSA) is 119 Å². The number of nitrogens with one attached hydrogen (secondary N) is 1. The van der Waals surface area contributed by atoms with Crippen molar-refractivity contribution in [2.45, 2.75) is 30.6 Å². The van der Waals surface area contributed by atoms with E-state index >= 15 is 0 Å². The Labute approximate surface area is 100 Å². The molecule has 1 amide bonds. The molecular formula is C8H14BrNO6. The maximum absolute atomic E-state index is 11.1. The van der Waals surface area contributed by atoms with Gasteiger partial charge in [0.1, 0.15) is 24.4 Å². The molecule has 5 atom stereocenters. The van der Waals surface area contributed by atoms with E-state index < -0.39 is 43.2 Å². The molecule has 1 heterocycles. The molecule has 7 nitrogen and oxygen atoms in total.